The van der Waals surface area contributed by atoms with Gasteiger partial charge < -0.3 is 15.2 Å². The predicted molar refractivity (Wildman–Crippen MR) is 135 cm³/mol. The first-order valence-electron chi connectivity index (χ1n) is 10.9. The zero-order valence-electron chi connectivity index (χ0n) is 19.3. The van der Waals surface area contributed by atoms with E-state index < -0.39 is 0 Å². The van der Waals surface area contributed by atoms with Crippen molar-refractivity contribution in [2.75, 3.05) is 18.2 Å². The highest BCUT2D eigenvalue weighted by atomic mass is 32.2. The molecule has 0 spiro atoms. The van der Waals surface area contributed by atoms with E-state index in [0.29, 0.717) is 28.0 Å². The number of nitrogens with one attached hydrogen (secondary N) is 1. The molecular formula is C26H26N4O3S. The smallest absolute Gasteiger partial charge is 0.234 e. The van der Waals surface area contributed by atoms with Crippen molar-refractivity contribution < 1.29 is 14.6 Å². The zero-order chi connectivity index (χ0) is 24.1. The average Bonchev–Trinajstić information content (AvgIpc) is 3.27. The van der Waals surface area contributed by atoms with Crippen LogP contribution < -0.4 is 10.1 Å². The van der Waals surface area contributed by atoms with Gasteiger partial charge >= 0.3 is 0 Å². The Labute approximate surface area is 202 Å². The van der Waals surface area contributed by atoms with Crippen molar-refractivity contribution in [3.05, 3.63) is 77.9 Å². The number of carbonyl (C=O) groups is 1. The van der Waals surface area contributed by atoms with E-state index >= 15 is 0 Å². The maximum atomic E-state index is 12.9. The number of phenols is 1. The monoisotopic (exact) mass is 474 g/mol. The third-order valence-corrected chi connectivity index (χ3v) is 6.37. The number of aromatic nitrogens is 3. The molecular weight excluding hydrogens is 448 g/mol. The number of anilines is 1. The molecule has 1 aromatic heterocycles. The maximum Gasteiger partial charge on any atom is 0.234 e. The number of hydrogen-bond donors (Lipinski definition) is 2. The predicted octanol–water partition coefficient (Wildman–Crippen LogP) is 5.25. The molecule has 4 aromatic rings. The highest BCUT2D eigenvalue weighted by molar-refractivity contribution is 7.99. The minimum absolute atomic E-state index is 0.0898. The molecule has 3 aromatic carbocycles. The lowest BCUT2D eigenvalue weighted by Gasteiger charge is -2.15. The first-order valence-corrected chi connectivity index (χ1v) is 11.9. The van der Waals surface area contributed by atoms with Crippen molar-refractivity contribution in [1.82, 2.24) is 14.8 Å². The minimum Gasteiger partial charge on any atom is -0.507 e. The molecule has 0 aliphatic heterocycles. The second-order valence-corrected chi connectivity index (χ2v) is 8.57. The number of benzene rings is 3. The number of carbonyl (C=O) groups excluding carboxylic acids is 1. The molecule has 34 heavy (non-hydrogen) atoms. The molecule has 0 radical (unpaired) electrons. The first kappa shape index (κ1) is 23.4. The molecule has 0 unspecified atom stereocenters. The van der Waals surface area contributed by atoms with Gasteiger partial charge in [0.05, 0.1) is 24.1 Å². The Morgan fingerprint density at radius 2 is 1.82 bits per heavy atom. The van der Waals surface area contributed by atoms with E-state index in [1.165, 1.54) is 11.8 Å². The maximum absolute atomic E-state index is 12.9. The van der Waals surface area contributed by atoms with E-state index in [9.17, 15) is 9.90 Å². The normalized spacial score (nSPS) is 10.8. The number of ether oxygens (including phenoxy) is 1. The number of para-hydroxylation sites is 4. The number of amides is 1. The van der Waals surface area contributed by atoms with Gasteiger partial charge in [0.15, 0.2) is 11.0 Å². The molecule has 2 N–H and O–H groups in total. The van der Waals surface area contributed by atoms with Gasteiger partial charge in [-0.3, -0.25) is 9.36 Å². The number of nitrogens with zero attached hydrogens (tertiary/aromatic N) is 3. The lowest BCUT2D eigenvalue weighted by molar-refractivity contribution is -0.113. The molecule has 7 nitrogen and oxygen atoms in total. The summed E-state index contributed by atoms with van der Waals surface area (Å²) in [7, 11) is 1.59. The van der Waals surface area contributed by atoms with E-state index in [1.54, 1.807) is 29.9 Å². The van der Waals surface area contributed by atoms with Gasteiger partial charge in [-0.1, -0.05) is 61.2 Å². The third kappa shape index (κ3) is 4.77. The van der Waals surface area contributed by atoms with Crippen LogP contribution in [0, 0.1) is 6.92 Å². The topological polar surface area (TPSA) is 89.3 Å². The SMILES string of the molecule is CCc1cccc(C)c1NC(=O)CSc1nnc(-c2ccccc2O)n1-c1ccccc1OC. The van der Waals surface area contributed by atoms with Crippen molar-refractivity contribution in [2.45, 2.75) is 25.4 Å². The van der Waals surface area contributed by atoms with Gasteiger partial charge in [-0.05, 0) is 48.7 Å². The Morgan fingerprint density at radius 3 is 2.59 bits per heavy atom. The van der Waals surface area contributed by atoms with E-state index in [4.69, 9.17) is 4.74 Å². The summed E-state index contributed by atoms with van der Waals surface area (Å²) in [5, 5.41) is 22.7. The number of thioether (sulfide) groups is 1. The van der Waals surface area contributed by atoms with Crippen molar-refractivity contribution in [3.8, 4) is 28.6 Å². The Hall–Kier alpha value is -3.78. The van der Waals surface area contributed by atoms with Crippen molar-refractivity contribution in [3.63, 3.8) is 0 Å². The van der Waals surface area contributed by atoms with Crippen molar-refractivity contribution >= 4 is 23.4 Å². The standard InChI is InChI=1S/C26H26N4O3S/c1-4-18-11-9-10-17(2)24(18)27-23(32)16-34-26-29-28-25(19-12-5-7-14-21(19)31)30(26)20-13-6-8-15-22(20)33-3/h5-15,31H,4,16H2,1-3H3,(H,27,32). The molecule has 1 heterocycles. The Balaban J connectivity index is 1.67. The number of aryl methyl sites for hydroxylation is 2. The molecule has 8 heteroatoms. The summed E-state index contributed by atoms with van der Waals surface area (Å²) in [5.74, 6) is 1.18. The van der Waals surface area contributed by atoms with Gasteiger partial charge in [-0.25, -0.2) is 0 Å². The van der Waals surface area contributed by atoms with E-state index in [1.807, 2.05) is 55.5 Å². The van der Waals surface area contributed by atoms with Crippen LogP contribution in [0.2, 0.25) is 0 Å². The van der Waals surface area contributed by atoms with Crippen LogP contribution in [0.5, 0.6) is 11.5 Å². The molecule has 0 atom stereocenters. The van der Waals surface area contributed by atoms with E-state index in [-0.39, 0.29) is 17.4 Å². The number of hydrogen-bond acceptors (Lipinski definition) is 6. The average molecular weight is 475 g/mol. The van der Waals surface area contributed by atoms with Crippen LogP contribution in [0.4, 0.5) is 5.69 Å². The zero-order valence-corrected chi connectivity index (χ0v) is 20.1. The first-order chi connectivity index (χ1) is 16.5. The van der Waals surface area contributed by atoms with Gasteiger partial charge in [0.2, 0.25) is 5.91 Å². The highest BCUT2D eigenvalue weighted by Crippen LogP contribution is 2.35. The summed E-state index contributed by atoms with van der Waals surface area (Å²) in [6.07, 6.45) is 0.830. The molecule has 0 bridgehead atoms. The van der Waals surface area contributed by atoms with Crippen molar-refractivity contribution in [1.29, 1.82) is 0 Å². The van der Waals surface area contributed by atoms with Crippen LogP contribution in [-0.2, 0) is 11.2 Å². The fraction of sp³-hybridized carbons (Fsp3) is 0.192. The van der Waals surface area contributed by atoms with Crippen LogP contribution >= 0.6 is 11.8 Å². The third-order valence-electron chi connectivity index (χ3n) is 5.44. The highest BCUT2D eigenvalue weighted by Gasteiger charge is 2.21. The number of methoxy groups -OCH3 is 1. The number of aromatic hydroxyl groups is 1. The van der Waals surface area contributed by atoms with Crippen LogP contribution in [0.15, 0.2) is 71.9 Å². The second kappa shape index (κ2) is 10.4. The van der Waals surface area contributed by atoms with Gasteiger partial charge in [0, 0.05) is 5.69 Å². The Morgan fingerprint density at radius 1 is 1.06 bits per heavy atom. The van der Waals surface area contributed by atoms with E-state index in [2.05, 4.69) is 22.4 Å². The molecule has 0 saturated carbocycles. The summed E-state index contributed by atoms with van der Waals surface area (Å²) in [5.41, 5.74) is 4.22. The molecule has 0 fully saturated rings. The van der Waals surface area contributed by atoms with E-state index in [0.717, 1.165) is 23.2 Å². The lowest BCUT2D eigenvalue weighted by atomic mass is 10.1. The Kier molecular flexibility index (Phi) is 7.18. The number of phenolic OH excluding ortho intramolecular Hbond substituents is 1. The molecule has 4 rings (SSSR count). The molecule has 174 valence electrons. The van der Waals surface area contributed by atoms with Gasteiger partial charge in [-0.2, -0.15) is 0 Å². The molecule has 0 aliphatic carbocycles. The molecule has 1 amide bonds. The fourth-order valence-corrected chi connectivity index (χ4v) is 4.48. The minimum atomic E-state index is -0.132. The molecule has 0 aliphatic rings. The van der Waals surface area contributed by atoms with Crippen LogP contribution in [0.1, 0.15) is 18.1 Å². The van der Waals surface area contributed by atoms with Gasteiger partial charge in [0.1, 0.15) is 11.5 Å². The quantitative estimate of drug-likeness (QED) is 0.339. The summed E-state index contributed by atoms with van der Waals surface area (Å²) in [6, 6.07) is 20.4. The number of rotatable bonds is 8. The summed E-state index contributed by atoms with van der Waals surface area (Å²) in [4.78, 5) is 12.9. The second-order valence-electron chi connectivity index (χ2n) is 7.63. The van der Waals surface area contributed by atoms with Crippen molar-refractivity contribution in [2.24, 2.45) is 0 Å². The van der Waals surface area contributed by atoms with Crippen LogP contribution in [0.25, 0.3) is 17.1 Å². The summed E-state index contributed by atoms with van der Waals surface area (Å²) < 4.78 is 7.36. The van der Waals surface area contributed by atoms with Crippen LogP contribution in [-0.4, -0.2) is 38.6 Å². The molecule has 0 saturated heterocycles. The van der Waals surface area contributed by atoms with Gasteiger partial charge in [-0.15, -0.1) is 10.2 Å². The summed E-state index contributed by atoms with van der Waals surface area (Å²) >= 11 is 1.27. The largest absolute Gasteiger partial charge is 0.507 e. The fourth-order valence-electron chi connectivity index (χ4n) is 3.74. The Bertz CT molecular complexity index is 1320. The van der Waals surface area contributed by atoms with Gasteiger partial charge in [0.25, 0.3) is 0 Å². The lowest BCUT2D eigenvalue weighted by Crippen LogP contribution is -2.16. The van der Waals surface area contributed by atoms with Crippen LogP contribution in [0.3, 0.4) is 0 Å². The summed E-state index contributed by atoms with van der Waals surface area (Å²) in [6.45, 7) is 4.05.